The SMILES string of the molecule is CC.COCC12CCC(C)CC1CCC1C3CCC(C(=O)CN(N)c4ccc(F)c(F)c4N)C3(C)CCC12. The van der Waals surface area contributed by atoms with Crippen LogP contribution in [0.2, 0.25) is 0 Å². The average molecular weight is 534 g/mol. The van der Waals surface area contributed by atoms with Gasteiger partial charge in [0.1, 0.15) is 0 Å². The number of benzene rings is 1. The first-order valence-electron chi connectivity index (χ1n) is 14.9. The summed E-state index contributed by atoms with van der Waals surface area (Å²) in [5.41, 5.74) is 5.81. The second kappa shape index (κ2) is 11.4. The topological polar surface area (TPSA) is 81.6 Å². The molecular weight excluding hydrogens is 484 g/mol. The number of fused-ring (bicyclic) bond motifs is 5. The molecule has 0 bridgehead atoms. The van der Waals surface area contributed by atoms with Crippen molar-refractivity contribution in [2.75, 3.05) is 31.0 Å². The molecule has 8 unspecified atom stereocenters. The maximum absolute atomic E-state index is 14.0. The van der Waals surface area contributed by atoms with E-state index in [-0.39, 0.29) is 35.0 Å². The van der Waals surface area contributed by atoms with Crippen LogP contribution in [0.5, 0.6) is 0 Å². The third-order valence-corrected chi connectivity index (χ3v) is 11.2. The summed E-state index contributed by atoms with van der Waals surface area (Å²) in [5, 5.41) is 1.19. The summed E-state index contributed by atoms with van der Waals surface area (Å²) >= 11 is 0. The zero-order valence-corrected chi connectivity index (χ0v) is 24.1. The van der Waals surface area contributed by atoms with Gasteiger partial charge < -0.3 is 15.5 Å². The quantitative estimate of drug-likeness (QED) is 0.240. The number of ketones is 1. The van der Waals surface area contributed by atoms with E-state index in [4.69, 9.17) is 16.3 Å². The van der Waals surface area contributed by atoms with E-state index in [2.05, 4.69) is 13.8 Å². The summed E-state index contributed by atoms with van der Waals surface area (Å²) in [4.78, 5) is 13.6. The zero-order valence-electron chi connectivity index (χ0n) is 24.1. The summed E-state index contributed by atoms with van der Waals surface area (Å²) in [5.74, 6) is 7.48. The Morgan fingerprint density at radius 3 is 2.53 bits per heavy atom. The maximum Gasteiger partial charge on any atom is 0.183 e. The first-order valence-corrected chi connectivity index (χ1v) is 14.9. The highest BCUT2D eigenvalue weighted by Gasteiger charge is 2.62. The lowest BCUT2D eigenvalue weighted by molar-refractivity contribution is -0.154. The lowest BCUT2D eigenvalue weighted by Crippen LogP contribution is -2.56. The molecule has 4 saturated carbocycles. The smallest absolute Gasteiger partial charge is 0.183 e. The molecule has 4 aliphatic carbocycles. The molecule has 4 N–H and O–H groups in total. The van der Waals surface area contributed by atoms with Crippen molar-refractivity contribution in [3.8, 4) is 0 Å². The Kier molecular flexibility index (Phi) is 8.78. The number of hydrogen-bond acceptors (Lipinski definition) is 5. The minimum absolute atomic E-state index is 0.0399. The Bertz CT molecular complexity index is 1010. The minimum atomic E-state index is -1.13. The predicted octanol–water partition coefficient (Wildman–Crippen LogP) is 6.74. The number of nitrogens with zero attached hydrogens (tertiary/aromatic N) is 1. The van der Waals surface area contributed by atoms with Crippen LogP contribution >= 0.6 is 0 Å². The number of anilines is 2. The highest BCUT2D eigenvalue weighted by Crippen LogP contribution is 2.68. The molecule has 0 heterocycles. The van der Waals surface area contributed by atoms with Crippen molar-refractivity contribution < 1.29 is 18.3 Å². The third-order valence-electron chi connectivity index (χ3n) is 11.2. The number of halogens is 2. The largest absolute Gasteiger partial charge is 0.395 e. The number of methoxy groups -OCH3 is 1. The first-order chi connectivity index (χ1) is 18.1. The standard InChI is InChI=1S/C29H43F2N3O2.C2H6/c1-17-10-13-29(16-36-3)18(14-17)4-5-19-20-6-7-22(28(20,2)12-11-21(19)29)25(35)15-34(33)24-9-8-23(30)26(31)27(24)32;1-2/h8-9,17-22H,4-7,10-16,32-33H2,1-3H3;1-2H3. The van der Waals surface area contributed by atoms with Crippen LogP contribution in [0.3, 0.4) is 0 Å². The van der Waals surface area contributed by atoms with Gasteiger partial charge in [0.25, 0.3) is 0 Å². The zero-order chi connectivity index (χ0) is 27.8. The number of nitrogen functional groups attached to an aromatic ring is 1. The van der Waals surface area contributed by atoms with E-state index < -0.39 is 11.6 Å². The van der Waals surface area contributed by atoms with Crippen molar-refractivity contribution in [2.45, 2.75) is 85.5 Å². The van der Waals surface area contributed by atoms with Gasteiger partial charge in [-0.25, -0.2) is 14.6 Å². The van der Waals surface area contributed by atoms with Crippen LogP contribution in [-0.2, 0) is 9.53 Å². The molecule has 1 aromatic carbocycles. The number of nitrogens with two attached hydrogens (primary N) is 2. The van der Waals surface area contributed by atoms with Gasteiger partial charge in [0, 0.05) is 13.0 Å². The molecule has 0 aromatic heterocycles. The summed E-state index contributed by atoms with van der Waals surface area (Å²) in [6.07, 6.45) is 10.6. The molecule has 0 amide bonds. The number of Topliss-reactive ketones (excluding diaryl/α,β-unsaturated/α-hetero) is 1. The second-order valence-electron chi connectivity index (χ2n) is 12.8. The van der Waals surface area contributed by atoms with Crippen molar-refractivity contribution in [3.05, 3.63) is 23.8 Å². The Hall–Kier alpha value is -1.73. The van der Waals surface area contributed by atoms with Crippen LogP contribution in [0.1, 0.15) is 85.5 Å². The van der Waals surface area contributed by atoms with E-state index in [0.717, 1.165) is 50.2 Å². The molecular formula is C31H49F2N3O2. The predicted molar refractivity (Wildman–Crippen MR) is 149 cm³/mol. The van der Waals surface area contributed by atoms with Crippen molar-refractivity contribution in [2.24, 2.45) is 52.2 Å². The van der Waals surface area contributed by atoms with Crippen molar-refractivity contribution in [3.63, 3.8) is 0 Å². The number of carbonyl (C=O) groups excluding carboxylic acids is 1. The summed E-state index contributed by atoms with van der Waals surface area (Å²) in [6.45, 7) is 9.55. The van der Waals surface area contributed by atoms with Crippen molar-refractivity contribution in [1.29, 1.82) is 0 Å². The molecule has 0 radical (unpaired) electrons. The molecule has 0 spiro atoms. The van der Waals surface area contributed by atoms with E-state index in [1.807, 2.05) is 21.0 Å². The number of ether oxygens (including phenoxy) is 1. The van der Waals surface area contributed by atoms with Gasteiger partial charge in [-0.2, -0.15) is 0 Å². The van der Waals surface area contributed by atoms with Crippen molar-refractivity contribution in [1.82, 2.24) is 0 Å². The third kappa shape index (κ3) is 4.76. The van der Waals surface area contributed by atoms with E-state index >= 15 is 0 Å². The lowest BCUT2D eigenvalue weighted by Gasteiger charge is -2.62. The van der Waals surface area contributed by atoms with E-state index in [9.17, 15) is 13.6 Å². The Labute approximate surface area is 228 Å². The molecule has 4 fully saturated rings. The highest BCUT2D eigenvalue weighted by molar-refractivity contribution is 5.87. The summed E-state index contributed by atoms with van der Waals surface area (Å²) in [6, 6.07) is 2.34. The van der Waals surface area contributed by atoms with Crippen LogP contribution in [0.25, 0.3) is 0 Å². The number of hydrogen-bond donors (Lipinski definition) is 2. The molecule has 4 aliphatic rings. The summed E-state index contributed by atoms with van der Waals surface area (Å²) < 4.78 is 33.4. The monoisotopic (exact) mass is 533 g/mol. The van der Waals surface area contributed by atoms with Gasteiger partial charge in [-0.15, -0.1) is 0 Å². The van der Waals surface area contributed by atoms with Crippen LogP contribution in [-0.4, -0.2) is 26.0 Å². The fraction of sp³-hybridized carbons (Fsp3) is 0.774. The number of rotatable bonds is 6. The van der Waals surface area contributed by atoms with Gasteiger partial charge in [0.05, 0.1) is 24.5 Å². The van der Waals surface area contributed by atoms with E-state index in [1.54, 1.807) is 0 Å². The molecule has 38 heavy (non-hydrogen) atoms. The number of carbonyl (C=O) groups is 1. The molecule has 0 saturated heterocycles. The van der Waals surface area contributed by atoms with Crippen LogP contribution < -0.4 is 16.6 Å². The van der Waals surface area contributed by atoms with Gasteiger partial charge in [0.15, 0.2) is 17.4 Å². The van der Waals surface area contributed by atoms with Crippen molar-refractivity contribution >= 4 is 17.2 Å². The fourth-order valence-corrected chi connectivity index (χ4v) is 9.51. The normalized spacial score (nSPS) is 37.8. The first kappa shape index (κ1) is 29.3. The van der Waals surface area contributed by atoms with E-state index in [1.165, 1.54) is 43.2 Å². The Morgan fingerprint density at radius 1 is 1.08 bits per heavy atom. The minimum Gasteiger partial charge on any atom is -0.395 e. The lowest BCUT2D eigenvalue weighted by atomic mass is 9.44. The molecule has 214 valence electrons. The van der Waals surface area contributed by atoms with E-state index in [0.29, 0.717) is 23.2 Å². The molecule has 7 heteroatoms. The maximum atomic E-state index is 14.0. The second-order valence-corrected chi connectivity index (χ2v) is 12.8. The van der Waals surface area contributed by atoms with Gasteiger partial charge >= 0.3 is 0 Å². The molecule has 0 aliphatic heterocycles. The number of hydrazine groups is 1. The average Bonchev–Trinajstić information content (AvgIpc) is 3.26. The molecule has 5 nitrogen and oxygen atoms in total. The summed E-state index contributed by atoms with van der Waals surface area (Å²) in [7, 11) is 1.86. The highest BCUT2D eigenvalue weighted by atomic mass is 19.2. The Morgan fingerprint density at radius 2 is 1.82 bits per heavy atom. The molecule has 1 aromatic rings. The Balaban J connectivity index is 0.00000164. The van der Waals surface area contributed by atoms with Crippen LogP contribution in [0.4, 0.5) is 20.2 Å². The van der Waals surface area contributed by atoms with Crippen LogP contribution in [0.15, 0.2) is 12.1 Å². The van der Waals surface area contributed by atoms with Gasteiger partial charge in [-0.1, -0.05) is 34.1 Å². The van der Waals surface area contributed by atoms with Gasteiger partial charge in [-0.05, 0) is 104 Å². The molecule has 5 rings (SSSR count). The van der Waals surface area contributed by atoms with Gasteiger partial charge in [-0.3, -0.25) is 4.79 Å². The fourth-order valence-electron chi connectivity index (χ4n) is 9.51. The molecule has 8 atom stereocenters. The van der Waals surface area contributed by atoms with Gasteiger partial charge in [0.2, 0.25) is 0 Å². The van der Waals surface area contributed by atoms with Crippen LogP contribution in [0, 0.1) is 58.0 Å².